The van der Waals surface area contributed by atoms with Gasteiger partial charge in [-0.1, -0.05) is 13.8 Å². The molecule has 6 heteroatoms. The minimum absolute atomic E-state index is 0.0673. The molecule has 1 heterocycles. The Morgan fingerprint density at radius 1 is 1.44 bits per heavy atom. The number of aliphatic carboxylic acids is 1. The van der Waals surface area contributed by atoms with Crippen LogP contribution in [0.5, 0.6) is 0 Å². The fraction of sp³-hybridized carbons (Fsp3) is 0.833. The fourth-order valence-corrected chi connectivity index (χ4v) is 2.23. The van der Waals surface area contributed by atoms with Gasteiger partial charge in [0.15, 0.2) is 6.04 Å². The standard InChI is InChI=1S/C12H22N2O4/c1-4-9(5-2)13(3)12(17)14-6-7-18-8-10(14)11(15)16/h9-10H,4-8H2,1-3H3,(H,15,16). The number of carbonyl (C=O) groups is 2. The maximum absolute atomic E-state index is 12.3. The van der Waals surface area contributed by atoms with E-state index in [1.54, 1.807) is 11.9 Å². The van der Waals surface area contributed by atoms with Gasteiger partial charge in [0.1, 0.15) is 0 Å². The molecule has 104 valence electrons. The quantitative estimate of drug-likeness (QED) is 0.817. The summed E-state index contributed by atoms with van der Waals surface area (Å²) in [7, 11) is 1.73. The second-order valence-electron chi connectivity index (χ2n) is 4.49. The average Bonchev–Trinajstić information content (AvgIpc) is 2.39. The Balaban J connectivity index is 2.76. The Morgan fingerprint density at radius 2 is 2.06 bits per heavy atom. The van der Waals surface area contributed by atoms with Gasteiger partial charge in [-0.15, -0.1) is 0 Å². The highest BCUT2D eigenvalue weighted by molar-refractivity contribution is 5.83. The molecule has 0 saturated carbocycles. The van der Waals surface area contributed by atoms with Crippen LogP contribution in [0.15, 0.2) is 0 Å². The summed E-state index contributed by atoms with van der Waals surface area (Å²) < 4.78 is 5.12. The third-order valence-corrected chi connectivity index (χ3v) is 3.45. The first kappa shape index (κ1) is 14.8. The van der Waals surface area contributed by atoms with E-state index in [1.165, 1.54) is 4.90 Å². The summed E-state index contributed by atoms with van der Waals surface area (Å²) in [5.74, 6) is -1.01. The highest BCUT2D eigenvalue weighted by atomic mass is 16.5. The Morgan fingerprint density at radius 3 is 2.56 bits per heavy atom. The SMILES string of the molecule is CCC(CC)N(C)C(=O)N1CCOCC1C(=O)O. The van der Waals surface area contributed by atoms with E-state index in [2.05, 4.69) is 0 Å². The third-order valence-electron chi connectivity index (χ3n) is 3.45. The van der Waals surface area contributed by atoms with Crippen LogP contribution in [-0.2, 0) is 9.53 Å². The largest absolute Gasteiger partial charge is 0.480 e. The van der Waals surface area contributed by atoms with Crippen LogP contribution in [-0.4, -0.2) is 65.8 Å². The maximum atomic E-state index is 12.3. The lowest BCUT2D eigenvalue weighted by molar-refractivity contribution is -0.147. The van der Waals surface area contributed by atoms with Crippen LogP contribution >= 0.6 is 0 Å². The number of rotatable bonds is 4. The van der Waals surface area contributed by atoms with Gasteiger partial charge in [0, 0.05) is 19.6 Å². The summed E-state index contributed by atoms with van der Waals surface area (Å²) in [5, 5.41) is 9.10. The molecule has 1 unspecified atom stereocenters. The van der Waals surface area contributed by atoms with Crippen molar-refractivity contribution in [1.29, 1.82) is 0 Å². The van der Waals surface area contributed by atoms with E-state index in [4.69, 9.17) is 9.84 Å². The third kappa shape index (κ3) is 3.13. The van der Waals surface area contributed by atoms with Gasteiger partial charge in [0.25, 0.3) is 0 Å². The minimum Gasteiger partial charge on any atom is -0.480 e. The molecule has 1 saturated heterocycles. The molecule has 0 bridgehead atoms. The summed E-state index contributed by atoms with van der Waals surface area (Å²) >= 11 is 0. The molecular formula is C12H22N2O4. The molecule has 0 aromatic heterocycles. The van der Waals surface area contributed by atoms with Crippen LogP contribution in [0.4, 0.5) is 4.79 Å². The minimum atomic E-state index is -1.01. The van der Waals surface area contributed by atoms with E-state index in [9.17, 15) is 9.59 Å². The molecule has 0 aromatic rings. The zero-order valence-corrected chi connectivity index (χ0v) is 11.3. The van der Waals surface area contributed by atoms with Gasteiger partial charge in [0.2, 0.25) is 0 Å². The van der Waals surface area contributed by atoms with E-state index >= 15 is 0 Å². The van der Waals surface area contributed by atoms with E-state index < -0.39 is 12.0 Å². The number of carbonyl (C=O) groups excluding carboxylic acids is 1. The van der Waals surface area contributed by atoms with E-state index in [-0.39, 0.29) is 18.7 Å². The first-order chi connectivity index (χ1) is 8.52. The smallest absolute Gasteiger partial charge is 0.328 e. The van der Waals surface area contributed by atoms with Crippen LogP contribution in [0.2, 0.25) is 0 Å². The Kier molecular flexibility index (Phi) is 5.40. The van der Waals surface area contributed by atoms with Gasteiger partial charge in [-0.3, -0.25) is 0 Å². The molecule has 2 amide bonds. The predicted octanol–water partition coefficient (Wildman–Crippen LogP) is 1.01. The summed E-state index contributed by atoms with van der Waals surface area (Å²) in [4.78, 5) is 26.4. The number of urea groups is 1. The van der Waals surface area contributed by atoms with Gasteiger partial charge >= 0.3 is 12.0 Å². The van der Waals surface area contributed by atoms with Gasteiger partial charge in [0.05, 0.1) is 13.2 Å². The second-order valence-corrected chi connectivity index (χ2v) is 4.49. The van der Waals surface area contributed by atoms with Crippen LogP contribution in [0.25, 0.3) is 0 Å². The number of hydrogen-bond donors (Lipinski definition) is 1. The first-order valence-corrected chi connectivity index (χ1v) is 6.36. The second kappa shape index (κ2) is 6.58. The average molecular weight is 258 g/mol. The predicted molar refractivity (Wildman–Crippen MR) is 66.5 cm³/mol. The van der Waals surface area contributed by atoms with Crippen molar-refractivity contribution in [1.82, 2.24) is 9.80 Å². The van der Waals surface area contributed by atoms with Crippen LogP contribution < -0.4 is 0 Å². The summed E-state index contributed by atoms with van der Waals surface area (Å²) in [6.45, 7) is 4.84. The van der Waals surface area contributed by atoms with E-state index in [0.29, 0.717) is 13.2 Å². The number of nitrogens with zero attached hydrogens (tertiary/aromatic N) is 2. The number of amides is 2. The molecule has 0 spiro atoms. The molecule has 1 rings (SSSR count). The van der Waals surface area contributed by atoms with Crippen molar-refractivity contribution in [2.45, 2.75) is 38.8 Å². The normalized spacial score (nSPS) is 20.0. The molecule has 0 aromatic carbocycles. The number of morpholine rings is 1. The molecule has 18 heavy (non-hydrogen) atoms. The van der Waals surface area contributed by atoms with Crippen LogP contribution in [0.3, 0.4) is 0 Å². The fourth-order valence-electron chi connectivity index (χ4n) is 2.23. The Labute approximate surface area is 107 Å². The monoisotopic (exact) mass is 258 g/mol. The summed E-state index contributed by atoms with van der Waals surface area (Å²) in [6.07, 6.45) is 1.72. The van der Waals surface area contributed by atoms with Gasteiger partial charge in [-0.05, 0) is 12.8 Å². The summed E-state index contributed by atoms with van der Waals surface area (Å²) in [6, 6.07) is -0.947. The van der Waals surface area contributed by atoms with Gasteiger partial charge in [-0.25, -0.2) is 9.59 Å². The molecule has 1 aliphatic rings. The van der Waals surface area contributed by atoms with Gasteiger partial charge < -0.3 is 19.6 Å². The molecular weight excluding hydrogens is 236 g/mol. The topological polar surface area (TPSA) is 70.1 Å². The number of ether oxygens (including phenoxy) is 1. The maximum Gasteiger partial charge on any atom is 0.328 e. The number of carboxylic acid groups (broad SMARTS) is 1. The lowest BCUT2D eigenvalue weighted by Gasteiger charge is -2.37. The molecule has 1 fully saturated rings. The molecule has 1 atom stereocenters. The molecule has 6 nitrogen and oxygen atoms in total. The van der Waals surface area contributed by atoms with Crippen molar-refractivity contribution in [2.24, 2.45) is 0 Å². The Bertz CT molecular complexity index is 304. The van der Waals surface area contributed by atoms with Crippen molar-refractivity contribution in [3.05, 3.63) is 0 Å². The lowest BCUT2D eigenvalue weighted by Crippen LogP contribution is -2.57. The molecule has 1 aliphatic heterocycles. The highest BCUT2D eigenvalue weighted by Gasteiger charge is 2.35. The van der Waals surface area contributed by atoms with Crippen molar-refractivity contribution in [3.63, 3.8) is 0 Å². The van der Waals surface area contributed by atoms with Crippen LogP contribution in [0.1, 0.15) is 26.7 Å². The van der Waals surface area contributed by atoms with Gasteiger partial charge in [-0.2, -0.15) is 0 Å². The lowest BCUT2D eigenvalue weighted by atomic mass is 10.1. The zero-order valence-electron chi connectivity index (χ0n) is 11.3. The highest BCUT2D eigenvalue weighted by Crippen LogP contribution is 2.14. The summed E-state index contributed by atoms with van der Waals surface area (Å²) in [5.41, 5.74) is 0. The van der Waals surface area contributed by atoms with E-state index in [1.807, 2.05) is 13.8 Å². The number of hydrogen-bond acceptors (Lipinski definition) is 3. The molecule has 1 N–H and O–H groups in total. The zero-order chi connectivity index (χ0) is 13.7. The Hall–Kier alpha value is -1.30. The first-order valence-electron chi connectivity index (χ1n) is 6.36. The van der Waals surface area contributed by atoms with Crippen LogP contribution in [0, 0.1) is 0 Å². The van der Waals surface area contributed by atoms with Crippen molar-refractivity contribution in [2.75, 3.05) is 26.8 Å². The van der Waals surface area contributed by atoms with Crippen molar-refractivity contribution < 1.29 is 19.4 Å². The van der Waals surface area contributed by atoms with Crippen molar-refractivity contribution >= 4 is 12.0 Å². The molecule has 0 radical (unpaired) electrons. The van der Waals surface area contributed by atoms with Crippen molar-refractivity contribution in [3.8, 4) is 0 Å². The molecule has 0 aliphatic carbocycles. The number of carboxylic acids is 1. The van der Waals surface area contributed by atoms with E-state index in [0.717, 1.165) is 12.8 Å².